The van der Waals surface area contributed by atoms with Crippen molar-refractivity contribution in [2.45, 2.75) is 38.4 Å². The molecule has 20 heavy (non-hydrogen) atoms. The lowest BCUT2D eigenvalue weighted by molar-refractivity contribution is -0.153. The molecule has 0 radical (unpaired) electrons. The first-order valence-corrected chi connectivity index (χ1v) is 6.99. The Bertz CT molecular complexity index is 383. The number of morpholine rings is 1. The summed E-state index contributed by atoms with van der Waals surface area (Å²) in [7, 11) is 0. The lowest BCUT2D eigenvalue weighted by Crippen LogP contribution is -2.56. The SMILES string of the molecule is CC1CN(C(=O)NCC2(C(=O)O)CCC2)CC(CO)O1. The smallest absolute Gasteiger partial charge is 0.317 e. The van der Waals surface area contributed by atoms with Gasteiger partial charge >= 0.3 is 12.0 Å². The Hall–Kier alpha value is -1.34. The second-order valence-corrected chi connectivity index (χ2v) is 5.75. The molecule has 7 heteroatoms. The number of amides is 2. The predicted octanol–water partition coefficient (Wildman–Crippen LogP) is 0.0325. The highest BCUT2D eigenvalue weighted by atomic mass is 16.5. The summed E-state index contributed by atoms with van der Waals surface area (Å²) in [5.74, 6) is -0.840. The summed E-state index contributed by atoms with van der Waals surface area (Å²) in [6.07, 6.45) is 1.61. The molecule has 2 amide bonds. The number of hydrogen-bond acceptors (Lipinski definition) is 4. The van der Waals surface area contributed by atoms with Gasteiger partial charge in [-0.25, -0.2) is 4.79 Å². The quantitative estimate of drug-likeness (QED) is 0.677. The van der Waals surface area contributed by atoms with Crippen LogP contribution in [0.5, 0.6) is 0 Å². The molecule has 1 aliphatic heterocycles. The standard InChI is InChI=1S/C13H22N2O5/c1-9-5-15(6-10(7-16)20-9)12(19)14-8-13(11(17)18)3-2-4-13/h9-10,16H,2-8H2,1H3,(H,14,19)(H,17,18). The lowest BCUT2D eigenvalue weighted by Gasteiger charge is -2.39. The number of carboxylic acids is 1. The predicted molar refractivity (Wildman–Crippen MR) is 70.3 cm³/mol. The largest absolute Gasteiger partial charge is 0.481 e. The van der Waals surface area contributed by atoms with E-state index in [-0.39, 0.29) is 31.4 Å². The zero-order valence-electron chi connectivity index (χ0n) is 11.7. The topological polar surface area (TPSA) is 99.1 Å². The molecule has 1 heterocycles. The maximum absolute atomic E-state index is 12.1. The van der Waals surface area contributed by atoms with E-state index in [9.17, 15) is 14.7 Å². The zero-order chi connectivity index (χ0) is 14.8. The molecule has 1 saturated carbocycles. The van der Waals surface area contributed by atoms with E-state index in [0.717, 1.165) is 6.42 Å². The van der Waals surface area contributed by atoms with Crippen molar-refractivity contribution in [1.29, 1.82) is 0 Å². The number of carbonyl (C=O) groups is 2. The number of hydrogen-bond donors (Lipinski definition) is 3. The van der Waals surface area contributed by atoms with Crippen LogP contribution in [0.4, 0.5) is 4.79 Å². The summed E-state index contributed by atoms with van der Waals surface area (Å²) in [5, 5.41) is 21.0. The molecule has 3 N–H and O–H groups in total. The van der Waals surface area contributed by atoms with Crippen molar-refractivity contribution in [1.82, 2.24) is 10.2 Å². The second-order valence-electron chi connectivity index (χ2n) is 5.75. The molecule has 7 nitrogen and oxygen atoms in total. The first-order chi connectivity index (χ1) is 9.47. The van der Waals surface area contributed by atoms with Crippen molar-refractivity contribution >= 4 is 12.0 Å². The molecule has 1 saturated heterocycles. The minimum atomic E-state index is -0.840. The molecule has 0 aromatic heterocycles. The number of aliphatic hydroxyl groups excluding tert-OH is 1. The third kappa shape index (κ3) is 3.04. The van der Waals surface area contributed by atoms with Gasteiger partial charge in [-0.2, -0.15) is 0 Å². The average molecular weight is 286 g/mol. The second kappa shape index (κ2) is 5.97. The van der Waals surface area contributed by atoms with E-state index in [1.165, 1.54) is 0 Å². The number of nitrogens with one attached hydrogen (secondary N) is 1. The normalized spacial score (nSPS) is 28.6. The van der Waals surface area contributed by atoms with Crippen LogP contribution in [-0.2, 0) is 9.53 Å². The molecular weight excluding hydrogens is 264 g/mol. The van der Waals surface area contributed by atoms with Crippen molar-refractivity contribution in [3.63, 3.8) is 0 Å². The van der Waals surface area contributed by atoms with Gasteiger partial charge in [0, 0.05) is 13.1 Å². The summed E-state index contributed by atoms with van der Waals surface area (Å²) in [4.78, 5) is 24.9. The van der Waals surface area contributed by atoms with Gasteiger partial charge in [0.2, 0.25) is 0 Å². The fraction of sp³-hybridized carbons (Fsp3) is 0.846. The van der Waals surface area contributed by atoms with Gasteiger partial charge in [-0.1, -0.05) is 6.42 Å². The third-order valence-corrected chi connectivity index (χ3v) is 4.16. The van der Waals surface area contributed by atoms with Crippen molar-refractivity contribution in [3.05, 3.63) is 0 Å². The Labute approximate surface area is 117 Å². The van der Waals surface area contributed by atoms with Gasteiger partial charge in [0.25, 0.3) is 0 Å². The van der Waals surface area contributed by atoms with Gasteiger partial charge in [-0.3, -0.25) is 4.79 Å². The van der Waals surface area contributed by atoms with Crippen LogP contribution in [0, 0.1) is 5.41 Å². The van der Waals surface area contributed by atoms with Gasteiger partial charge < -0.3 is 25.2 Å². The molecule has 2 rings (SSSR count). The molecule has 2 unspecified atom stereocenters. The highest BCUT2D eigenvalue weighted by molar-refractivity contribution is 5.79. The van der Waals surface area contributed by atoms with Crippen LogP contribution in [0.1, 0.15) is 26.2 Å². The van der Waals surface area contributed by atoms with E-state index in [0.29, 0.717) is 25.9 Å². The average Bonchev–Trinajstić information content (AvgIpc) is 2.35. The Morgan fingerprint density at radius 2 is 2.10 bits per heavy atom. The number of carbonyl (C=O) groups excluding carboxylic acids is 1. The van der Waals surface area contributed by atoms with E-state index in [4.69, 9.17) is 9.84 Å². The van der Waals surface area contributed by atoms with Crippen LogP contribution in [0.15, 0.2) is 0 Å². The molecule has 0 bridgehead atoms. The van der Waals surface area contributed by atoms with Gasteiger partial charge in [-0.05, 0) is 19.8 Å². The van der Waals surface area contributed by atoms with Crippen LogP contribution in [-0.4, -0.2) is 65.6 Å². The summed E-state index contributed by atoms with van der Waals surface area (Å²) in [6.45, 7) is 2.64. The summed E-state index contributed by atoms with van der Waals surface area (Å²) >= 11 is 0. The number of nitrogens with zero attached hydrogens (tertiary/aromatic N) is 1. The van der Waals surface area contributed by atoms with Crippen LogP contribution < -0.4 is 5.32 Å². The third-order valence-electron chi connectivity index (χ3n) is 4.16. The highest BCUT2D eigenvalue weighted by Crippen LogP contribution is 2.40. The van der Waals surface area contributed by atoms with E-state index >= 15 is 0 Å². The summed E-state index contributed by atoms with van der Waals surface area (Å²) in [5.41, 5.74) is -0.788. The molecule has 0 aromatic carbocycles. The highest BCUT2D eigenvalue weighted by Gasteiger charge is 2.44. The van der Waals surface area contributed by atoms with E-state index < -0.39 is 11.4 Å². The van der Waals surface area contributed by atoms with Crippen LogP contribution in [0.3, 0.4) is 0 Å². The van der Waals surface area contributed by atoms with E-state index in [2.05, 4.69) is 5.32 Å². The Morgan fingerprint density at radius 3 is 2.60 bits per heavy atom. The molecule has 2 aliphatic rings. The van der Waals surface area contributed by atoms with Gasteiger partial charge in [-0.15, -0.1) is 0 Å². The fourth-order valence-corrected chi connectivity index (χ4v) is 2.74. The minimum absolute atomic E-state index is 0.132. The molecule has 2 atom stereocenters. The van der Waals surface area contributed by atoms with Gasteiger partial charge in [0.1, 0.15) is 0 Å². The Balaban J connectivity index is 1.86. The molecule has 0 aromatic rings. The summed E-state index contributed by atoms with van der Waals surface area (Å²) < 4.78 is 5.47. The maximum atomic E-state index is 12.1. The van der Waals surface area contributed by atoms with Crippen molar-refractivity contribution in [2.24, 2.45) is 5.41 Å². The lowest BCUT2D eigenvalue weighted by atomic mass is 9.69. The van der Waals surface area contributed by atoms with E-state index in [1.54, 1.807) is 4.90 Å². The number of ether oxygens (including phenoxy) is 1. The van der Waals surface area contributed by atoms with Crippen molar-refractivity contribution in [3.8, 4) is 0 Å². The first-order valence-electron chi connectivity index (χ1n) is 6.99. The van der Waals surface area contributed by atoms with Gasteiger partial charge in [0.05, 0.1) is 30.8 Å². The molecule has 114 valence electrons. The first kappa shape index (κ1) is 15.1. The van der Waals surface area contributed by atoms with Crippen LogP contribution in [0.2, 0.25) is 0 Å². The van der Waals surface area contributed by atoms with Gasteiger partial charge in [0.15, 0.2) is 0 Å². The fourth-order valence-electron chi connectivity index (χ4n) is 2.74. The molecule has 0 spiro atoms. The van der Waals surface area contributed by atoms with Crippen LogP contribution >= 0.6 is 0 Å². The Morgan fingerprint density at radius 1 is 1.40 bits per heavy atom. The summed E-state index contributed by atoms with van der Waals surface area (Å²) in [6, 6.07) is -0.286. The number of aliphatic hydroxyl groups is 1. The van der Waals surface area contributed by atoms with Crippen LogP contribution in [0.25, 0.3) is 0 Å². The number of aliphatic carboxylic acids is 1. The Kier molecular flexibility index (Phi) is 4.49. The molecular formula is C13H22N2O5. The van der Waals surface area contributed by atoms with E-state index in [1.807, 2.05) is 6.92 Å². The zero-order valence-corrected chi connectivity index (χ0v) is 11.7. The molecule has 1 aliphatic carbocycles. The number of urea groups is 1. The monoisotopic (exact) mass is 286 g/mol. The number of carboxylic acid groups (broad SMARTS) is 1. The maximum Gasteiger partial charge on any atom is 0.317 e. The molecule has 2 fully saturated rings. The number of rotatable bonds is 4. The van der Waals surface area contributed by atoms with Crippen molar-refractivity contribution < 1.29 is 24.5 Å². The van der Waals surface area contributed by atoms with Crippen molar-refractivity contribution in [2.75, 3.05) is 26.2 Å². The minimum Gasteiger partial charge on any atom is -0.481 e.